The lowest BCUT2D eigenvalue weighted by atomic mass is 9.94. The number of aliphatic hydroxyl groups excluding tert-OH is 2. The van der Waals surface area contributed by atoms with Crippen molar-refractivity contribution in [2.24, 2.45) is 0 Å². The molecule has 1 aliphatic carbocycles. The predicted molar refractivity (Wildman–Crippen MR) is 117 cm³/mol. The number of rotatable bonds is 7. The van der Waals surface area contributed by atoms with E-state index < -0.39 is 17.8 Å². The van der Waals surface area contributed by atoms with E-state index in [1.165, 1.54) is 12.1 Å². The van der Waals surface area contributed by atoms with E-state index in [2.05, 4.69) is 14.8 Å². The number of aryl methyl sites for hydroxylation is 1. The van der Waals surface area contributed by atoms with E-state index >= 15 is 0 Å². The molecule has 1 fully saturated rings. The number of amides is 1. The summed E-state index contributed by atoms with van der Waals surface area (Å²) in [4.78, 5) is 13.2. The number of aliphatic hydroxyl groups is 2. The number of fused-ring (bicyclic) bond motifs is 2. The van der Waals surface area contributed by atoms with E-state index in [-0.39, 0.29) is 30.6 Å². The molecule has 7 nitrogen and oxygen atoms in total. The Morgan fingerprint density at radius 3 is 2.61 bits per heavy atom. The van der Waals surface area contributed by atoms with Gasteiger partial charge in [0.05, 0.1) is 24.7 Å². The molecule has 3 aromatic rings. The molecule has 0 radical (unpaired) electrons. The molecule has 1 saturated carbocycles. The minimum Gasteiger partial charge on any atom is -0.395 e. The van der Waals surface area contributed by atoms with Gasteiger partial charge in [-0.1, -0.05) is 13.0 Å². The quantitative estimate of drug-likeness (QED) is 0.504. The Balaban J connectivity index is 1.38. The van der Waals surface area contributed by atoms with E-state index in [9.17, 15) is 23.8 Å². The Morgan fingerprint density at radius 2 is 1.91 bits per heavy atom. The molecule has 1 aromatic heterocycles. The number of anilines is 1. The van der Waals surface area contributed by atoms with Crippen LogP contribution >= 0.6 is 0 Å². The molecule has 1 amide bonds. The predicted octanol–water partition coefficient (Wildman–Crippen LogP) is 3.55. The van der Waals surface area contributed by atoms with Gasteiger partial charge in [-0.05, 0) is 61.2 Å². The van der Waals surface area contributed by atoms with Gasteiger partial charge in [-0.3, -0.25) is 4.79 Å². The zero-order chi connectivity index (χ0) is 23.4. The second kappa shape index (κ2) is 7.71. The number of hydrogen-bond donors (Lipinski definition) is 3. The minimum absolute atomic E-state index is 0.0482. The van der Waals surface area contributed by atoms with Crippen LogP contribution in [0.25, 0.3) is 10.9 Å². The summed E-state index contributed by atoms with van der Waals surface area (Å²) in [6.45, 7) is 1.97. The highest BCUT2D eigenvalue weighted by atomic mass is 19.3. The summed E-state index contributed by atoms with van der Waals surface area (Å²) in [5.41, 5.74) is 2.34. The Labute approximate surface area is 188 Å². The van der Waals surface area contributed by atoms with Gasteiger partial charge in [0.2, 0.25) is 5.91 Å². The van der Waals surface area contributed by atoms with E-state index in [0.29, 0.717) is 24.1 Å². The first-order valence-electron chi connectivity index (χ1n) is 10.9. The Morgan fingerprint density at radius 1 is 1.15 bits per heavy atom. The highest BCUT2D eigenvalue weighted by Gasteiger charge is 2.52. The molecule has 0 saturated heterocycles. The minimum atomic E-state index is -3.70. The lowest BCUT2D eigenvalue weighted by molar-refractivity contribution is -0.286. The van der Waals surface area contributed by atoms with Crippen molar-refractivity contribution in [2.45, 2.75) is 50.5 Å². The van der Waals surface area contributed by atoms with Crippen molar-refractivity contribution >= 4 is 22.5 Å². The number of halogens is 2. The van der Waals surface area contributed by atoms with Gasteiger partial charge in [-0.25, -0.2) is 0 Å². The zero-order valence-electron chi connectivity index (χ0n) is 18.0. The van der Waals surface area contributed by atoms with Gasteiger partial charge in [0, 0.05) is 22.3 Å². The Bertz CT molecular complexity index is 1240. The number of nitrogens with one attached hydrogen (secondary N) is 1. The second-order valence-electron chi connectivity index (χ2n) is 8.58. The van der Waals surface area contributed by atoms with Gasteiger partial charge >= 0.3 is 6.29 Å². The Kier molecular flexibility index (Phi) is 5.06. The third-order valence-electron chi connectivity index (χ3n) is 6.35. The maximum Gasteiger partial charge on any atom is 0.586 e. The second-order valence-corrected chi connectivity index (χ2v) is 8.58. The molecular weight excluding hydrogens is 434 g/mol. The van der Waals surface area contributed by atoms with Crippen LogP contribution in [0.15, 0.2) is 42.5 Å². The topological polar surface area (TPSA) is 93.0 Å². The summed E-state index contributed by atoms with van der Waals surface area (Å²) >= 11 is 0. The molecule has 2 aromatic carbocycles. The summed E-state index contributed by atoms with van der Waals surface area (Å²) in [5.74, 6) is -0.331. The molecule has 9 heteroatoms. The van der Waals surface area contributed by atoms with Crippen molar-refractivity contribution in [3.63, 3.8) is 0 Å². The Hall–Kier alpha value is -3.17. The SMILES string of the molecule is CCc1cc2cc(NC(=O)C3(c4ccc5c(c4)OC(F)(F)O5)CC3)ccc2n1C[C@@H](O)CO. The molecule has 174 valence electrons. The molecule has 2 heterocycles. The van der Waals surface area contributed by atoms with E-state index in [0.717, 1.165) is 23.0 Å². The third kappa shape index (κ3) is 3.81. The molecule has 3 N–H and O–H groups in total. The number of hydrogen-bond acceptors (Lipinski definition) is 5. The number of alkyl halides is 2. The molecular formula is C24H24F2N2O5. The van der Waals surface area contributed by atoms with Gasteiger partial charge in [-0.2, -0.15) is 0 Å². The van der Waals surface area contributed by atoms with Crippen LogP contribution in [-0.2, 0) is 23.2 Å². The molecule has 5 rings (SSSR count). The number of nitrogens with zero attached hydrogens (tertiary/aromatic N) is 1. The van der Waals surface area contributed by atoms with Crippen molar-refractivity contribution in [2.75, 3.05) is 11.9 Å². The number of aromatic nitrogens is 1. The van der Waals surface area contributed by atoms with Crippen LogP contribution in [-0.4, -0.2) is 39.7 Å². The maximum atomic E-state index is 13.3. The fraction of sp³-hybridized carbons (Fsp3) is 0.375. The van der Waals surface area contributed by atoms with E-state index in [1.807, 2.05) is 29.7 Å². The normalized spacial score (nSPS) is 18.3. The average molecular weight is 458 g/mol. The first-order chi connectivity index (χ1) is 15.7. The fourth-order valence-electron chi connectivity index (χ4n) is 4.45. The smallest absolute Gasteiger partial charge is 0.395 e. The molecule has 2 aliphatic rings. The largest absolute Gasteiger partial charge is 0.586 e. The van der Waals surface area contributed by atoms with Crippen molar-refractivity contribution in [1.29, 1.82) is 0 Å². The summed E-state index contributed by atoms with van der Waals surface area (Å²) in [6, 6.07) is 12.0. The molecule has 0 spiro atoms. The first kappa shape index (κ1) is 21.7. The summed E-state index contributed by atoms with van der Waals surface area (Å²) in [6.07, 6.45) is -2.60. The summed E-state index contributed by atoms with van der Waals surface area (Å²) < 4.78 is 37.6. The number of carbonyl (C=O) groups is 1. The van der Waals surface area contributed by atoms with Gasteiger partial charge in [-0.15, -0.1) is 8.78 Å². The van der Waals surface area contributed by atoms with Crippen LogP contribution in [0.4, 0.5) is 14.5 Å². The maximum absolute atomic E-state index is 13.3. The average Bonchev–Trinajstić information content (AvgIpc) is 3.44. The molecule has 0 bridgehead atoms. The van der Waals surface area contributed by atoms with Crippen molar-refractivity contribution in [3.8, 4) is 11.5 Å². The number of carbonyl (C=O) groups excluding carboxylic acids is 1. The van der Waals surface area contributed by atoms with Crippen LogP contribution in [0.2, 0.25) is 0 Å². The van der Waals surface area contributed by atoms with Gasteiger partial charge in [0.1, 0.15) is 0 Å². The van der Waals surface area contributed by atoms with Crippen LogP contribution in [0, 0.1) is 0 Å². The zero-order valence-corrected chi connectivity index (χ0v) is 18.0. The van der Waals surface area contributed by atoms with Gasteiger partial charge in [0.25, 0.3) is 0 Å². The van der Waals surface area contributed by atoms with E-state index in [1.54, 1.807) is 12.1 Å². The van der Waals surface area contributed by atoms with Crippen LogP contribution in [0.1, 0.15) is 31.0 Å². The monoisotopic (exact) mass is 458 g/mol. The van der Waals surface area contributed by atoms with Gasteiger partial charge < -0.3 is 29.6 Å². The van der Waals surface area contributed by atoms with Gasteiger partial charge in [0.15, 0.2) is 11.5 Å². The summed E-state index contributed by atoms with van der Waals surface area (Å²) in [5, 5.41) is 23.0. The molecule has 0 unspecified atom stereocenters. The molecule has 33 heavy (non-hydrogen) atoms. The third-order valence-corrected chi connectivity index (χ3v) is 6.35. The highest BCUT2D eigenvalue weighted by Crippen LogP contribution is 2.52. The van der Waals surface area contributed by atoms with E-state index in [4.69, 9.17) is 0 Å². The lowest BCUT2D eigenvalue weighted by Gasteiger charge is -2.17. The fourth-order valence-corrected chi connectivity index (χ4v) is 4.45. The van der Waals surface area contributed by atoms with Crippen LogP contribution < -0.4 is 14.8 Å². The van der Waals surface area contributed by atoms with Crippen LogP contribution in [0.3, 0.4) is 0 Å². The lowest BCUT2D eigenvalue weighted by Crippen LogP contribution is -2.28. The molecule has 1 atom stereocenters. The van der Waals surface area contributed by atoms with Crippen LogP contribution in [0.5, 0.6) is 11.5 Å². The first-order valence-corrected chi connectivity index (χ1v) is 10.9. The number of ether oxygens (including phenoxy) is 2. The van der Waals surface area contributed by atoms with Crippen molar-refractivity contribution in [3.05, 3.63) is 53.7 Å². The number of benzene rings is 2. The molecule has 1 aliphatic heterocycles. The highest BCUT2D eigenvalue weighted by molar-refractivity contribution is 6.02. The van der Waals surface area contributed by atoms with Crippen molar-refractivity contribution in [1.82, 2.24) is 4.57 Å². The standard InChI is InChI=1S/C24H24F2N2O5/c1-2-17-10-14-9-16(4-5-19(14)28(17)12-18(30)13-29)27-22(31)23(7-8-23)15-3-6-20-21(11-15)33-24(25,26)32-20/h3-6,9-11,18,29-30H,2,7-8,12-13H2,1H3,(H,27,31)/t18-/m1/s1. The van der Waals surface area contributed by atoms with Crippen molar-refractivity contribution < 1.29 is 33.3 Å². The summed E-state index contributed by atoms with van der Waals surface area (Å²) in [7, 11) is 0.